The molecule has 0 aliphatic heterocycles. The molecule has 0 bridgehead atoms. The minimum Gasteiger partial charge on any atom is -0.328 e. The normalized spacial score (nSPS) is 26.8. The molecule has 0 radical (unpaired) electrons. The van der Waals surface area contributed by atoms with Crippen LogP contribution in [0.4, 0.5) is 0 Å². The van der Waals surface area contributed by atoms with Gasteiger partial charge in [0.25, 0.3) is 0 Å². The number of hydrogen-bond donors (Lipinski definition) is 2. The van der Waals surface area contributed by atoms with Crippen molar-refractivity contribution in [1.29, 1.82) is 0 Å². The van der Waals surface area contributed by atoms with Gasteiger partial charge in [-0.05, 0) is 38.7 Å². The summed E-state index contributed by atoms with van der Waals surface area (Å²) in [7, 11) is 0. The fourth-order valence-corrected chi connectivity index (χ4v) is 2.68. The highest BCUT2D eigenvalue weighted by Crippen LogP contribution is 2.21. The quantitative estimate of drug-likeness (QED) is 0.841. The van der Waals surface area contributed by atoms with Crippen molar-refractivity contribution in [2.45, 2.75) is 57.7 Å². The first-order chi connectivity index (χ1) is 8.15. The molecule has 1 fully saturated rings. The molecule has 2 rings (SSSR count). The maximum Gasteiger partial charge on any atom is 0.0294 e. The second-order valence-electron chi connectivity index (χ2n) is 5.42. The SMILES string of the molecule is Cc1ccc([C@@H](C)NC2CCCC(N)C2)cc1. The van der Waals surface area contributed by atoms with Crippen LogP contribution in [0.15, 0.2) is 24.3 Å². The maximum atomic E-state index is 6.02. The average molecular weight is 232 g/mol. The molecule has 0 spiro atoms. The van der Waals surface area contributed by atoms with Crippen molar-refractivity contribution in [1.82, 2.24) is 5.32 Å². The molecule has 1 aliphatic rings. The Morgan fingerprint density at radius 2 is 1.94 bits per heavy atom. The zero-order valence-electron chi connectivity index (χ0n) is 10.9. The Morgan fingerprint density at radius 1 is 1.24 bits per heavy atom. The minimum absolute atomic E-state index is 0.395. The van der Waals surface area contributed by atoms with Gasteiger partial charge in [-0.3, -0.25) is 0 Å². The van der Waals surface area contributed by atoms with Gasteiger partial charge in [0.2, 0.25) is 0 Å². The molecule has 1 saturated carbocycles. The first-order valence-corrected chi connectivity index (χ1v) is 6.73. The van der Waals surface area contributed by atoms with Crippen molar-refractivity contribution in [3.05, 3.63) is 35.4 Å². The number of aryl methyl sites for hydroxylation is 1. The summed E-state index contributed by atoms with van der Waals surface area (Å²) < 4.78 is 0. The van der Waals surface area contributed by atoms with Crippen molar-refractivity contribution in [3.8, 4) is 0 Å². The van der Waals surface area contributed by atoms with Crippen molar-refractivity contribution >= 4 is 0 Å². The van der Waals surface area contributed by atoms with Gasteiger partial charge in [0, 0.05) is 18.1 Å². The lowest BCUT2D eigenvalue weighted by Crippen LogP contribution is -2.40. The van der Waals surface area contributed by atoms with E-state index in [4.69, 9.17) is 5.73 Å². The summed E-state index contributed by atoms with van der Waals surface area (Å²) in [6.45, 7) is 4.37. The van der Waals surface area contributed by atoms with Gasteiger partial charge < -0.3 is 11.1 Å². The average Bonchev–Trinajstić information content (AvgIpc) is 2.29. The molecule has 0 amide bonds. The Bertz CT molecular complexity index is 344. The molecule has 0 saturated heterocycles. The van der Waals surface area contributed by atoms with Crippen LogP contribution in [-0.2, 0) is 0 Å². The second-order valence-corrected chi connectivity index (χ2v) is 5.42. The highest BCUT2D eigenvalue weighted by Gasteiger charge is 2.20. The Balaban J connectivity index is 1.91. The lowest BCUT2D eigenvalue weighted by atomic mass is 9.90. The summed E-state index contributed by atoms with van der Waals surface area (Å²) in [6.07, 6.45) is 4.84. The lowest BCUT2D eigenvalue weighted by Gasteiger charge is -2.30. The van der Waals surface area contributed by atoms with E-state index in [1.807, 2.05) is 0 Å². The van der Waals surface area contributed by atoms with Gasteiger partial charge in [-0.25, -0.2) is 0 Å². The van der Waals surface area contributed by atoms with Crippen LogP contribution in [0, 0.1) is 6.92 Å². The van der Waals surface area contributed by atoms with Gasteiger partial charge in [-0.1, -0.05) is 36.2 Å². The van der Waals surface area contributed by atoms with Crippen LogP contribution in [0.5, 0.6) is 0 Å². The van der Waals surface area contributed by atoms with E-state index in [2.05, 4.69) is 43.4 Å². The number of nitrogens with two attached hydrogens (primary N) is 1. The summed E-state index contributed by atoms with van der Waals surface area (Å²) in [4.78, 5) is 0. The molecule has 94 valence electrons. The van der Waals surface area contributed by atoms with Crippen LogP contribution in [-0.4, -0.2) is 12.1 Å². The van der Waals surface area contributed by atoms with Crippen molar-refractivity contribution in [2.24, 2.45) is 5.73 Å². The molecule has 2 nitrogen and oxygen atoms in total. The monoisotopic (exact) mass is 232 g/mol. The number of rotatable bonds is 3. The highest BCUT2D eigenvalue weighted by molar-refractivity contribution is 5.23. The van der Waals surface area contributed by atoms with Gasteiger partial charge in [0.05, 0.1) is 0 Å². The predicted octanol–water partition coefficient (Wildman–Crippen LogP) is 2.92. The van der Waals surface area contributed by atoms with Gasteiger partial charge in [-0.15, -0.1) is 0 Å². The predicted molar refractivity (Wildman–Crippen MR) is 73.0 cm³/mol. The van der Waals surface area contributed by atoms with Crippen LogP contribution in [0.2, 0.25) is 0 Å². The summed E-state index contributed by atoms with van der Waals surface area (Å²) in [5, 5.41) is 3.70. The van der Waals surface area contributed by atoms with Gasteiger partial charge in [0.15, 0.2) is 0 Å². The van der Waals surface area contributed by atoms with Crippen molar-refractivity contribution < 1.29 is 0 Å². The van der Waals surface area contributed by atoms with Gasteiger partial charge >= 0.3 is 0 Å². The lowest BCUT2D eigenvalue weighted by molar-refractivity contribution is 0.319. The fraction of sp³-hybridized carbons (Fsp3) is 0.600. The van der Waals surface area contributed by atoms with Crippen molar-refractivity contribution in [3.63, 3.8) is 0 Å². The fourth-order valence-electron chi connectivity index (χ4n) is 2.68. The Morgan fingerprint density at radius 3 is 2.59 bits per heavy atom. The molecule has 0 heterocycles. The molecule has 3 atom stereocenters. The Labute approximate surface area is 105 Å². The van der Waals surface area contributed by atoms with Crippen LogP contribution in [0.1, 0.15) is 49.8 Å². The molecule has 2 unspecified atom stereocenters. The number of hydrogen-bond acceptors (Lipinski definition) is 2. The van der Waals surface area contributed by atoms with Crippen LogP contribution in [0.3, 0.4) is 0 Å². The standard InChI is InChI=1S/C15H24N2/c1-11-6-8-13(9-7-11)12(2)17-15-5-3-4-14(16)10-15/h6-9,12,14-15,17H,3-5,10,16H2,1-2H3/t12-,14?,15?/m1/s1. The summed E-state index contributed by atoms with van der Waals surface area (Å²) >= 11 is 0. The zero-order chi connectivity index (χ0) is 12.3. The van der Waals surface area contributed by atoms with Gasteiger partial charge in [-0.2, -0.15) is 0 Å². The van der Waals surface area contributed by atoms with E-state index < -0.39 is 0 Å². The Hall–Kier alpha value is -0.860. The smallest absolute Gasteiger partial charge is 0.0294 e. The van der Waals surface area contributed by atoms with E-state index in [0.29, 0.717) is 18.1 Å². The number of benzene rings is 1. The van der Waals surface area contributed by atoms with Gasteiger partial charge in [0.1, 0.15) is 0 Å². The topological polar surface area (TPSA) is 38.0 Å². The highest BCUT2D eigenvalue weighted by atomic mass is 15.0. The largest absolute Gasteiger partial charge is 0.328 e. The Kier molecular flexibility index (Phi) is 4.19. The summed E-state index contributed by atoms with van der Waals surface area (Å²) in [6, 6.07) is 10.2. The van der Waals surface area contributed by atoms with E-state index in [1.165, 1.54) is 30.4 Å². The van der Waals surface area contributed by atoms with E-state index in [-0.39, 0.29) is 0 Å². The molecule has 1 aliphatic carbocycles. The second kappa shape index (κ2) is 5.65. The van der Waals surface area contributed by atoms with Crippen molar-refractivity contribution in [2.75, 3.05) is 0 Å². The molecular weight excluding hydrogens is 208 g/mol. The van der Waals surface area contributed by atoms with Crippen LogP contribution in [0.25, 0.3) is 0 Å². The minimum atomic E-state index is 0.395. The molecule has 0 aromatic heterocycles. The van der Waals surface area contributed by atoms with E-state index >= 15 is 0 Å². The molecule has 2 heteroatoms. The third-order valence-electron chi connectivity index (χ3n) is 3.78. The maximum absolute atomic E-state index is 6.02. The molecule has 1 aromatic carbocycles. The molecular formula is C15H24N2. The van der Waals surface area contributed by atoms with Crippen LogP contribution >= 0.6 is 0 Å². The molecule has 1 aromatic rings. The molecule has 3 N–H and O–H groups in total. The number of nitrogens with one attached hydrogen (secondary N) is 1. The first kappa shape index (κ1) is 12.6. The zero-order valence-corrected chi connectivity index (χ0v) is 10.9. The van der Waals surface area contributed by atoms with E-state index in [9.17, 15) is 0 Å². The van der Waals surface area contributed by atoms with Crippen LogP contribution < -0.4 is 11.1 Å². The third-order valence-corrected chi connectivity index (χ3v) is 3.78. The van der Waals surface area contributed by atoms with E-state index in [0.717, 1.165) is 6.42 Å². The van der Waals surface area contributed by atoms with E-state index in [1.54, 1.807) is 0 Å². The summed E-state index contributed by atoms with van der Waals surface area (Å²) in [5.41, 5.74) is 8.71. The third kappa shape index (κ3) is 3.55. The summed E-state index contributed by atoms with van der Waals surface area (Å²) in [5.74, 6) is 0. The first-order valence-electron chi connectivity index (χ1n) is 6.73. The molecule has 17 heavy (non-hydrogen) atoms.